The molecule has 0 heterocycles. The number of carbonyl (C=O) groups is 1. The summed E-state index contributed by atoms with van der Waals surface area (Å²) in [5.74, 6) is -0.992. The molecule has 5 nitrogen and oxygen atoms in total. The number of ether oxygens (including phenoxy) is 1. The minimum absolute atomic E-state index is 0.0291. The second kappa shape index (κ2) is 7.27. The van der Waals surface area contributed by atoms with Crippen LogP contribution >= 0.6 is 0 Å². The first-order chi connectivity index (χ1) is 11.3. The number of halogens is 1. The highest BCUT2D eigenvalue weighted by Crippen LogP contribution is 2.22. The van der Waals surface area contributed by atoms with Crippen molar-refractivity contribution in [1.82, 2.24) is 0 Å². The molecule has 2 rings (SSSR count). The lowest BCUT2D eigenvalue weighted by Gasteiger charge is -2.11. The number of esters is 1. The van der Waals surface area contributed by atoms with E-state index in [1.807, 2.05) is 0 Å². The molecule has 0 atom stereocenters. The van der Waals surface area contributed by atoms with Crippen molar-refractivity contribution >= 4 is 27.8 Å². The van der Waals surface area contributed by atoms with Crippen LogP contribution in [0.2, 0.25) is 0 Å². The SMILES string of the molecule is COC(=O)C=Cc1ccc(S(=O)(=O)Nc2cccc(F)c2C)cc1. The maximum atomic E-state index is 13.5. The molecule has 0 bridgehead atoms. The van der Waals surface area contributed by atoms with Crippen LogP contribution in [0, 0.1) is 12.7 Å². The Morgan fingerprint density at radius 1 is 1.17 bits per heavy atom. The predicted octanol–water partition coefficient (Wildman–Crippen LogP) is 3.12. The standard InChI is InChI=1S/C17H16FNO4S/c1-12-15(18)4-3-5-16(12)19-24(21,22)14-9-6-13(7-10-14)8-11-17(20)23-2/h3-11,19H,1-2H3. The van der Waals surface area contributed by atoms with Crippen molar-refractivity contribution in [2.45, 2.75) is 11.8 Å². The Bertz CT molecular complexity index is 874. The van der Waals surface area contributed by atoms with Gasteiger partial charge in [-0.15, -0.1) is 0 Å². The summed E-state index contributed by atoms with van der Waals surface area (Å²) in [5.41, 5.74) is 1.05. The molecule has 0 spiro atoms. The average molecular weight is 349 g/mol. The molecular formula is C17H16FNO4S. The molecule has 0 aliphatic rings. The van der Waals surface area contributed by atoms with E-state index >= 15 is 0 Å². The summed E-state index contributed by atoms with van der Waals surface area (Å²) >= 11 is 0. The first-order valence-corrected chi connectivity index (χ1v) is 8.46. The van der Waals surface area contributed by atoms with Crippen molar-refractivity contribution < 1.29 is 22.3 Å². The van der Waals surface area contributed by atoms with E-state index in [1.165, 1.54) is 56.5 Å². The van der Waals surface area contributed by atoms with Gasteiger partial charge >= 0.3 is 5.97 Å². The summed E-state index contributed by atoms with van der Waals surface area (Å²) in [6, 6.07) is 10.1. The van der Waals surface area contributed by atoms with Gasteiger partial charge in [0, 0.05) is 11.6 Å². The molecule has 0 amide bonds. The Morgan fingerprint density at radius 3 is 2.46 bits per heavy atom. The molecule has 0 saturated heterocycles. The lowest BCUT2D eigenvalue weighted by Crippen LogP contribution is -2.14. The van der Waals surface area contributed by atoms with E-state index in [0.29, 0.717) is 5.56 Å². The van der Waals surface area contributed by atoms with Crippen molar-refractivity contribution in [3.05, 3.63) is 65.5 Å². The summed E-state index contributed by atoms with van der Waals surface area (Å²) in [4.78, 5) is 11.1. The van der Waals surface area contributed by atoms with Crippen LogP contribution in [0.25, 0.3) is 6.08 Å². The largest absolute Gasteiger partial charge is 0.466 e. The van der Waals surface area contributed by atoms with Gasteiger partial charge in [-0.2, -0.15) is 0 Å². The van der Waals surface area contributed by atoms with Gasteiger partial charge in [0.05, 0.1) is 17.7 Å². The first-order valence-electron chi connectivity index (χ1n) is 6.97. The number of hydrogen-bond acceptors (Lipinski definition) is 4. The van der Waals surface area contributed by atoms with Gasteiger partial charge in [0.2, 0.25) is 0 Å². The average Bonchev–Trinajstić information content (AvgIpc) is 2.57. The second-order valence-electron chi connectivity index (χ2n) is 4.94. The number of rotatable bonds is 5. The number of benzene rings is 2. The van der Waals surface area contributed by atoms with Crippen molar-refractivity contribution in [3.63, 3.8) is 0 Å². The smallest absolute Gasteiger partial charge is 0.330 e. The zero-order valence-corrected chi connectivity index (χ0v) is 13.9. The molecule has 1 N–H and O–H groups in total. The fourth-order valence-corrected chi connectivity index (χ4v) is 3.04. The quantitative estimate of drug-likeness (QED) is 0.665. The second-order valence-corrected chi connectivity index (χ2v) is 6.63. The van der Waals surface area contributed by atoms with Gasteiger partial charge in [-0.3, -0.25) is 4.72 Å². The summed E-state index contributed by atoms with van der Waals surface area (Å²) in [7, 11) is -2.57. The van der Waals surface area contributed by atoms with E-state index in [4.69, 9.17) is 0 Å². The molecule has 2 aromatic rings. The van der Waals surface area contributed by atoms with Gasteiger partial charge in [-0.1, -0.05) is 18.2 Å². The van der Waals surface area contributed by atoms with Gasteiger partial charge < -0.3 is 4.74 Å². The molecule has 126 valence electrons. The number of carbonyl (C=O) groups excluding carboxylic acids is 1. The van der Waals surface area contributed by atoms with Crippen LogP contribution in [0.1, 0.15) is 11.1 Å². The zero-order chi connectivity index (χ0) is 17.7. The van der Waals surface area contributed by atoms with Crippen LogP contribution in [0.3, 0.4) is 0 Å². The Morgan fingerprint density at radius 2 is 1.83 bits per heavy atom. The normalized spacial score (nSPS) is 11.5. The number of hydrogen-bond donors (Lipinski definition) is 1. The van der Waals surface area contributed by atoms with Gasteiger partial charge in [-0.05, 0) is 42.8 Å². The molecule has 0 aliphatic heterocycles. The van der Waals surface area contributed by atoms with E-state index < -0.39 is 21.8 Å². The molecule has 0 radical (unpaired) electrons. The van der Waals surface area contributed by atoms with Crippen LogP contribution < -0.4 is 4.72 Å². The third-order valence-electron chi connectivity index (χ3n) is 3.32. The van der Waals surface area contributed by atoms with Crippen LogP contribution in [0.5, 0.6) is 0 Å². The van der Waals surface area contributed by atoms with Crippen LogP contribution in [0.15, 0.2) is 53.4 Å². The Balaban J connectivity index is 2.22. The molecule has 0 aliphatic carbocycles. The highest BCUT2D eigenvalue weighted by Gasteiger charge is 2.16. The maximum absolute atomic E-state index is 13.5. The summed E-state index contributed by atoms with van der Waals surface area (Å²) in [5, 5.41) is 0. The van der Waals surface area contributed by atoms with Crippen LogP contribution in [-0.2, 0) is 19.6 Å². The number of nitrogens with one attached hydrogen (secondary N) is 1. The Hall–Kier alpha value is -2.67. The topological polar surface area (TPSA) is 72.5 Å². The monoisotopic (exact) mass is 349 g/mol. The highest BCUT2D eigenvalue weighted by molar-refractivity contribution is 7.92. The zero-order valence-electron chi connectivity index (χ0n) is 13.1. The summed E-state index contributed by atoms with van der Waals surface area (Å²) < 4.78 is 45.1. The van der Waals surface area contributed by atoms with Gasteiger partial charge in [-0.25, -0.2) is 17.6 Å². The molecule has 0 aromatic heterocycles. The lowest BCUT2D eigenvalue weighted by atomic mass is 10.2. The molecule has 0 fully saturated rings. The molecule has 0 saturated carbocycles. The summed E-state index contributed by atoms with van der Waals surface area (Å²) in [6.45, 7) is 1.49. The minimum Gasteiger partial charge on any atom is -0.466 e. The van der Waals surface area contributed by atoms with Crippen LogP contribution in [0.4, 0.5) is 10.1 Å². The lowest BCUT2D eigenvalue weighted by molar-refractivity contribution is -0.134. The Labute approximate surface area is 139 Å². The third kappa shape index (κ3) is 4.20. The van der Waals surface area contributed by atoms with Gasteiger partial charge in [0.15, 0.2) is 0 Å². The van der Waals surface area contributed by atoms with E-state index in [2.05, 4.69) is 9.46 Å². The van der Waals surface area contributed by atoms with E-state index in [-0.39, 0.29) is 16.1 Å². The first kappa shape index (κ1) is 17.7. The molecule has 2 aromatic carbocycles. The van der Waals surface area contributed by atoms with Crippen molar-refractivity contribution in [3.8, 4) is 0 Å². The van der Waals surface area contributed by atoms with Crippen molar-refractivity contribution in [2.24, 2.45) is 0 Å². The van der Waals surface area contributed by atoms with Crippen LogP contribution in [-0.4, -0.2) is 21.5 Å². The molecule has 0 unspecified atom stereocenters. The third-order valence-corrected chi connectivity index (χ3v) is 4.70. The molecule has 24 heavy (non-hydrogen) atoms. The van der Waals surface area contributed by atoms with Crippen molar-refractivity contribution in [1.29, 1.82) is 0 Å². The number of methoxy groups -OCH3 is 1. The van der Waals surface area contributed by atoms with E-state index in [1.54, 1.807) is 12.1 Å². The predicted molar refractivity (Wildman–Crippen MR) is 89.4 cm³/mol. The number of sulfonamides is 1. The van der Waals surface area contributed by atoms with Gasteiger partial charge in [0.25, 0.3) is 10.0 Å². The minimum atomic E-state index is -3.84. The fourth-order valence-electron chi connectivity index (χ4n) is 1.91. The fraction of sp³-hybridized carbons (Fsp3) is 0.118. The molecule has 7 heteroatoms. The maximum Gasteiger partial charge on any atom is 0.330 e. The summed E-state index contributed by atoms with van der Waals surface area (Å²) in [6.07, 6.45) is 2.74. The molecular weight excluding hydrogens is 333 g/mol. The Kier molecular flexibility index (Phi) is 5.35. The van der Waals surface area contributed by atoms with Crippen molar-refractivity contribution in [2.75, 3.05) is 11.8 Å². The number of anilines is 1. The highest BCUT2D eigenvalue weighted by atomic mass is 32.2. The van der Waals surface area contributed by atoms with E-state index in [9.17, 15) is 17.6 Å². The van der Waals surface area contributed by atoms with E-state index in [0.717, 1.165) is 0 Å². The van der Waals surface area contributed by atoms with Gasteiger partial charge in [0.1, 0.15) is 5.82 Å².